The molecule has 18 heavy (non-hydrogen) atoms. The van der Waals surface area contributed by atoms with Crippen molar-refractivity contribution in [2.75, 3.05) is 19.0 Å². The van der Waals surface area contributed by atoms with Crippen molar-refractivity contribution in [3.8, 4) is 0 Å². The van der Waals surface area contributed by atoms with Crippen LogP contribution in [0.2, 0.25) is 0 Å². The Kier molecular flexibility index (Phi) is 4.19. The van der Waals surface area contributed by atoms with Gasteiger partial charge in [-0.15, -0.1) is 0 Å². The maximum Gasteiger partial charge on any atom is 0.0361 e. The van der Waals surface area contributed by atoms with Gasteiger partial charge in [-0.1, -0.05) is 54.6 Å². The highest BCUT2D eigenvalue weighted by Crippen LogP contribution is 2.13. The fourth-order valence-electron chi connectivity index (χ4n) is 1.72. The molecule has 1 heteroatoms. The van der Waals surface area contributed by atoms with Gasteiger partial charge in [-0.3, -0.25) is 0 Å². The topological polar surface area (TPSA) is 3.24 Å². The molecule has 0 aliphatic carbocycles. The molecule has 0 aliphatic heterocycles. The highest BCUT2D eigenvalue weighted by molar-refractivity contribution is 5.56. The van der Waals surface area contributed by atoms with Crippen molar-refractivity contribution < 1.29 is 0 Å². The molecule has 0 atom stereocenters. The van der Waals surface area contributed by atoms with Gasteiger partial charge in [0, 0.05) is 26.2 Å². The quantitative estimate of drug-likeness (QED) is 0.775. The Morgan fingerprint density at radius 3 is 2.06 bits per heavy atom. The van der Waals surface area contributed by atoms with Crippen molar-refractivity contribution >= 4 is 11.8 Å². The lowest BCUT2D eigenvalue weighted by molar-refractivity contribution is 1.13. The normalized spacial score (nSPS) is 10.8. The molecule has 0 unspecified atom stereocenters. The van der Waals surface area contributed by atoms with Gasteiger partial charge in [0.15, 0.2) is 0 Å². The molecule has 2 rings (SSSR count). The van der Waals surface area contributed by atoms with E-state index in [9.17, 15) is 0 Å². The van der Waals surface area contributed by atoms with Crippen LogP contribution in [0, 0.1) is 6.42 Å². The van der Waals surface area contributed by atoms with E-state index in [0.29, 0.717) is 0 Å². The van der Waals surface area contributed by atoms with Crippen LogP contribution in [0.25, 0.3) is 6.08 Å². The van der Waals surface area contributed by atoms with Crippen molar-refractivity contribution in [3.05, 3.63) is 78.2 Å². The fraction of sp³-hybridized carbons (Fsp3) is 0.118. The predicted octanol–water partition coefficient (Wildman–Crippen LogP) is 4.02. The van der Waals surface area contributed by atoms with Crippen LogP contribution >= 0.6 is 0 Å². The second-order valence-corrected chi connectivity index (χ2v) is 4.42. The molecule has 0 spiro atoms. The van der Waals surface area contributed by atoms with Gasteiger partial charge in [0.1, 0.15) is 0 Å². The second-order valence-electron chi connectivity index (χ2n) is 4.42. The highest BCUT2D eigenvalue weighted by Gasteiger charge is 1.93. The molecule has 0 bridgehead atoms. The molecule has 1 radical (unpaired) electrons. The van der Waals surface area contributed by atoms with E-state index in [1.54, 1.807) is 0 Å². The monoisotopic (exact) mass is 236 g/mol. The number of hydrogen-bond donors (Lipinski definition) is 0. The maximum atomic E-state index is 2.13. The smallest absolute Gasteiger partial charge is 0.0361 e. The van der Waals surface area contributed by atoms with Crippen LogP contribution in [0.1, 0.15) is 11.1 Å². The summed E-state index contributed by atoms with van der Waals surface area (Å²) in [5, 5.41) is 0. The Bertz CT molecular complexity index is 495. The van der Waals surface area contributed by atoms with Crippen molar-refractivity contribution in [3.63, 3.8) is 0 Å². The lowest BCUT2D eigenvalue weighted by Crippen LogP contribution is -2.07. The molecule has 0 amide bonds. The van der Waals surface area contributed by atoms with Gasteiger partial charge < -0.3 is 4.90 Å². The molecule has 0 aliphatic rings. The average molecular weight is 236 g/mol. The summed E-state index contributed by atoms with van der Waals surface area (Å²) in [7, 11) is 4.10. The molecule has 2 aromatic carbocycles. The third-order valence-corrected chi connectivity index (χ3v) is 2.79. The fourth-order valence-corrected chi connectivity index (χ4v) is 1.72. The Balaban J connectivity index is 1.97. The van der Waals surface area contributed by atoms with Crippen LogP contribution in [0.3, 0.4) is 0 Å². The van der Waals surface area contributed by atoms with Crippen molar-refractivity contribution in [1.29, 1.82) is 0 Å². The number of rotatable bonds is 4. The lowest BCUT2D eigenvalue weighted by atomic mass is 10.1. The lowest BCUT2D eigenvalue weighted by Gasteiger charge is -2.11. The first-order chi connectivity index (χ1) is 8.75. The predicted molar refractivity (Wildman–Crippen MR) is 79.6 cm³/mol. The summed E-state index contributed by atoms with van der Waals surface area (Å²) in [6.07, 6.45) is 6.31. The van der Waals surface area contributed by atoms with Gasteiger partial charge in [0.2, 0.25) is 0 Å². The maximum absolute atomic E-state index is 2.13. The van der Waals surface area contributed by atoms with Crippen LogP contribution in [0.4, 0.5) is 5.69 Å². The number of allylic oxidation sites excluding steroid dienone is 1. The first-order valence-electron chi connectivity index (χ1n) is 6.09. The zero-order chi connectivity index (χ0) is 12.8. The van der Waals surface area contributed by atoms with E-state index in [0.717, 1.165) is 0 Å². The summed E-state index contributed by atoms with van der Waals surface area (Å²) in [5.41, 5.74) is 3.66. The molecule has 0 N–H and O–H groups in total. The molecule has 0 fully saturated rings. The second kappa shape index (κ2) is 6.06. The zero-order valence-electron chi connectivity index (χ0n) is 10.9. The minimum Gasteiger partial charge on any atom is -0.378 e. The van der Waals surface area contributed by atoms with Crippen LogP contribution in [0.5, 0.6) is 0 Å². The van der Waals surface area contributed by atoms with Crippen molar-refractivity contribution in [2.24, 2.45) is 0 Å². The van der Waals surface area contributed by atoms with Gasteiger partial charge in [-0.25, -0.2) is 0 Å². The molecule has 0 saturated carbocycles. The van der Waals surface area contributed by atoms with Crippen molar-refractivity contribution in [1.82, 2.24) is 0 Å². The summed E-state index contributed by atoms with van der Waals surface area (Å²) < 4.78 is 0. The zero-order valence-corrected chi connectivity index (χ0v) is 10.9. The summed E-state index contributed by atoms with van der Waals surface area (Å²) in [4.78, 5) is 2.10. The van der Waals surface area contributed by atoms with Crippen LogP contribution < -0.4 is 4.90 Å². The summed E-state index contributed by atoms with van der Waals surface area (Å²) in [5.74, 6) is 0. The minimum atomic E-state index is 1.22. The van der Waals surface area contributed by atoms with E-state index in [4.69, 9.17) is 0 Å². The minimum absolute atomic E-state index is 1.22. The first-order valence-corrected chi connectivity index (χ1v) is 6.09. The number of hydrogen-bond acceptors (Lipinski definition) is 1. The van der Waals surface area contributed by atoms with E-state index < -0.39 is 0 Å². The van der Waals surface area contributed by atoms with E-state index in [1.807, 2.05) is 32.3 Å². The summed E-state index contributed by atoms with van der Waals surface area (Å²) >= 11 is 0. The number of nitrogens with zero attached hydrogens (tertiary/aromatic N) is 1. The standard InChI is InChI=1S/C17H18N/c1-18(2)17-13-11-16(12-14-17)10-6-9-15-7-4-3-5-8-15/h3-14H,1-2H3/b10-6+. The molecular weight excluding hydrogens is 218 g/mol. The van der Waals surface area contributed by atoms with Crippen molar-refractivity contribution in [2.45, 2.75) is 0 Å². The van der Waals surface area contributed by atoms with Gasteiger partial charge >= 0.3 is 0 Å². The van der Waals surface area contributed by atoms with E-state index in [1.165, 1.54) is 16.8 Å². The Labute approximate surface area is 109 Å². The molecular formula is C17H18N. The molecule has 91 valence electrons. The number of anilines is 1. The number of benzene rings is 2. The molecule has 0 aromatic heterocycles. The van der Waals surface area contributed by atoms with Gasteiger partial charge in [-0.2, -0.15) is 0 Å². The van der Waals surface area contributed by atoms with E-state index >= 15 is 0 Å². The Morgan fingerprint density at radius 1 is 0.778 bits per heavy atom. The third kappa shape index (κ3) is 3.49. The summed E-state index contributed by atoms with van der Waals surface area (Å²) in [6, 6.07) is 18.8. The summed E-state index contributed by atoms with van der Waals surface area (Å²) in [6.45, 7) is 0. The highest BCUT2D eigenvalue weighted by atomic mass is 15.1. The Hall–Kier alpha value is -2.02. The SMILES string of the molecule is CN(C)c1ccc(/C=C/[CH]c2ccccc2)cc1. The Morgan fingerprint density at radius 2 is 1.44 bits per heavy atom. The van der Waals surface area contributed by atoms with E-state index in [-0.39, 0.29) is 0 Å². The van der Waals surface area contributed by atoms with Crippen LogP contribution in [-0.4, -0.2) is 14.1 Å². The van der Waals surface area contributed by atoms with Crippen LogP contribution in [0.15, 0.2) is 60.7 Å². The molecule has 2 aromatic rings. The molecule has 0 heterocycles. The van der Waals surface area contributed by atoms with Gasteiger partial charge in [0.25, 0.3) is 0 Å². The molecule has 1 nitrogen and oxygen atoms in total. The van der Waals surface area contributed by atoms with Gasteiger partial charge in [0.05, 0.1) is 0 Å². The van der Waals surface area contributed by atoms with Gasteiger partial charge in [-0.05, 0) is 23.3 Å². The third-order valence-electron chi connectivity index (χ3n) is 2.79. The average Bonchev–Trinajstić information content (AvgIpc) is 2.40. The molecule has 0 saturated heterocycles. The van der Waals surface area contributed by atoms with E-state index in [2.05, 4.69) is 59.9 Å². The largest absolute Gasteiger partial charge is 0.378 e. The first kappa shape index (κ1) is 12.4. The van der Waals surface area contributed by atoms with Crippen LogP contribution in [-0.2, 0) is 0 Å².